The van der Waals surface area contributed by atoms with Crippen molar-refractivity contribution in [2.75, 3.05) is 0 Å². The summed E-state index contributed by atoms with van der Waals surface area (Å²) in [5.74, 6) is -0.152. The number of nitrogens with zero attached hydrogens (tertiary/aromatic N) is 1. The molecule has 0 aliphatic heterocycles. The molecule has 1 saturated carbocycles. The van der Waals surface area contributed by atoms with Gasteiger partial charge in [0.15, 0.2) is 0 Å². The van der Waals surface area contributed by atoms with Crippen LogP contribution in [-0.2, 0) is 10.2 Å². The van der Waals surface area contributed by atoms with Crippen LogP contribution < -0.4 is 5.43 Å². The third-order valence-corrected chi connectivity index (χ3v) is 5.96. The van der Waals surface area contributed by atoms with E-state index >= 15 is 0 Å². The van der Waals surface area contributed by atoms with Crippen LogP contribution in [0.3, 0.4) is 0 Å². The molecule has 1 fully saturated rings. The average Bonchev–Trinajstić information content (AvgIpc) is 3.48. The topological polar surface area (TPSA) is 41.5 Å². The van der Waals surface area contributed by atoms with Crippen molar-refractivity contribution in [3.8, 4) is 0 Å². The summed E-state index contributed by atoms with van der Waals surface area (Å²) in [4.78, 5) is 13.0. The highest BCUT2D eigenvalue weighted by atomic mass is 16.2. The molecule has 1 aliphatic carbocycles. The standard InChI is InChI=1S/C26H26N2O/c1-18-14-19(2)23(20(3)15-18)17-27-28-25(29)24-16-26(24,21-10-6-4-7-11-21)22-12-8-5-9-13-22/h4-15,17,24H,16H2,1-3H3,(H,28,29)/b27-17-/t24-/m1/s1. The van der Waals surface area contributed by atoms with Crippen LogP contribution in [0.25, 0.3) is 0 Å². The van der Waals surface area contributed by atoms with E-state index in [2.05, 4.69) is 67.7 Å². The predicted molar refractivity (Wildman–Crippen MR) is 118 cm³/mol. The van der Waals surface area contributed by atoms with Gasteiger partial charge in [0.25, 0.3) is 0 Å². The van der Waals surface area contributed by atoms with Crippen LogP contribution in [0.2, 0.25) is 0 Å². The first-order valence-electron chi connectivity index (χ1n) is 10.0. The Labute approximate surface area is 172 Å². The van der Waals surface area contributed by atoms with Crippen LogP contribution in [-0.4, -0.2) is 12.1 Å². The number of amides is 1. The quantitative estimate of drug-likeness (QED) is 0.486. The van der Waals surface area contributed by atoms with E-state index in [-0.39, 0.29) is 17.2 Å². The largest absolute Gasteiger partial charge is 0.273 e. The lowest BCUT2D eigenvalue weighted by Crippen LogP contribution is -2.25. The highest BCUT2D eigenvalue weighted by Gasteiger charge is 2.60. The second-order valence-electron chi connectivity index (χ2n) is 8.01. The van der Waals surface area contributed by atoms with Crippen molar-refractivity contribution < 1.29 is 4.79 Å². The minimum Gasteiger partial charge on any atom is -0.273 e. The number of rotatable bonds is 5. The molecule has 0 spiro atoms. The van der Waals surface area contributed by atoms with E-state index in [4.69, 9.17) is 0 Å². The van der Waals surface area contributed by atoms with Crippen LogP contribution in [0.15, 0.2) is 77.9 Å². The Morgan fingerprint density at radius 3 is 1.97 bits per heavy atom. The molecule has 0 saturated heterocycles. The molecule has 1 N–H and O–H groups in total. The van der Waals surface area contributed by atoms with Crippen LogP contribution in [0.5, 0.6) is 0 Å². The van der Waals surface area contributed by atoms with Gasteiger partial charge in [-0.05, 0) is 49.4 Å². The molecule has 0 aromatic heterocycles. The zero-order valence-electron chi connectivity index (χ0n) is 17.1. The molecule has 0 bridgehead atoms. The Morgan fingerprint density at radius 2 is 1.45 bits per heavy atom. The van der Waals surface area contributed by atoms with Gasteiger partial charge in [-0.1, -0.05) is 78.4 Å². The molecule has 3 nitrogen and oxygen atoms in total. The molecule has 29 heavy (non-hydrogen) atoms. The Balaban J connectivity index is 1.55. The summed E-state index contributed by atoms with van der Waals surface area (Å²) in [5.41, 5.74) is 9.50. The lowest BCUT2D eigenvalue weighted by atomic mass is 9.85. The van der Waals surface area contributed by atoms with Crippen molar-refractivity contribution in [1.29, 1.82) is 0 Å². The minimum absolute atomic E-state index is 0.0311. The zero-order valence-corrected chi connectivity index (χ0v) is 17.1. The van der Waals surface area contributed by atoms with Crippen molar-refractivity contribution in [2.24, 2.45) is 11.0 Å². The van der Waals surface area contributed by atoms with E-state index < -0.39 is 0 Å². The summed E-state index contributed by atoms with van der Waals surface area (Å²) in [7, 11) is 0. The molecule has 0 heterocycles. The zero-order chi connectivity index (χ0) is 20.4. The van der Waals surface area contributed by atoms with E-state index in [0.717, 1.165) is 23.1 Å². The van der Waals surface area contributed by atoms with E-state index in [1.54, 1.807) is 6.21 Å². The molecule has 0 unspecified atom stereocenters. The maximum atomic E-state index is 13.0. The lowest BCUT2D eigenvalue weighted by molar-refractivity contribution is -0.122. The number of carbonyl (C=O) groups is 1. The van der Waals surface area contributed by atoms with Gasteiger partial charge in [-0.25, -0.2) is 5.43 Å². The number of hydrogen-bond donors (Lipinski definition) is 1. The van der Waals surface area contributed by atoms with Crippen molar-refractivity contribution in [3.05, 3.63) is 106 Å². The fourth-order valence-corrected chi connectivity index (χ4v) is 4.49. The van der Waals surface area contributed by atoms with E-state index in [1.807, 2.05) is 36.4 Å². The number of aryl methyl sites for hydroxylation is 3. The Bertz CT molecular complexity index is 992. The monoisotopic (exact) mass is 382 g/mol. The normalized spacial score (nSPS) is 17.3. The fourth-order valence-electron chi connectivity index (χ4n) is 4.49. The molecular weight excluding hydrogens is 356 g/mol. The summed E-state index contributed by atoms with van der Waals surface area (Å²) in [5, 5.41) is 4.28. The molecule has 0 radical (unpaired) electrons. The maximum Gasteiger partial charge on any atom is 0.244 e. The highest BCUT2D eigenvalue weighted by Crippen LogP contribution is 2.58. The predicted octanol–water partition coefficient (Wildman–Crippen LogP) is 5.07. The van der Waals surface area contributed by atoms with Gasteiger partial charge in [0.1, 0.15) is 0 Å². The van der Waals surface area contributed by atoms with E-state index in [1.165, 1.54) is 16.7 Å². The van der Waals surface area contributed by atoms with E-state index in [0.29, 0.717) is 0 Å². The molecule has 3 aromatic carbocycles. The van der Waals surface area contributed by atoms with Crippen molar-refractivity contribution in [1.82, 2.24) is 5.43 Å². The Kier molecular flexibility index (Phi) is 5.06. The summed E-state index contributed by atoms with van der Waals surface area (Å²) >= 11 is 0. The van der Waals surface area contributed by atoms with Crippen LogP contribution in [0.4, 0.5) is 0 Å². The van der Waals surface area contributed by atoms with Gasteiger partial charge >= 0.3 is 0 Å². The number of benzene rings is 3. The number of nitrogens with one attached hydrogen (secondary N) is 1. The Hall–Kier alpha value is -3.20. The van der Waals surface area contributed by atoms with Gasteiger partial charge in [0, 0.05) is 11.0 Å². The second kappa shape index (κ2) is 7.67. The maximum absolute atomic E-state index is 13.0. The Morgan fingerprint density at radius 1 is 0.931 bits per heavy atom. The number of carbonyl (C=O) groups excluding carboxylic acids is 1. The highest BCUT2D eigenvalue weighted by molar-refractivity contribution is 5.88. The van der Waals surface area contributed by atoms with Crippen LogP contribution >= 0.6 is 0 Å². The molecule has 1 amide bonds. The first-order valence-corrected chi connectivity index (χ1v) is 10.0. The SMILES string of the molecule is Cc1cc(C)c(/C=N\NC(=O)[C@H]2CC2(c2ccccc2)c2ccccc2)c(C)c1. The first-order chi connectivity index (χ1) is 14.0. The molecule has 3 aromatic rings. The molecular formula is C26H26N2O. The van der Waals surface area contributed by atoms with Gasteiger partial charge < -0.3 is 0 Å². The third kappa shape index (κ3) is 3.61. The average molecular weight is 383 g/mol. The van der Waals surface area contributed by atoms with Gasteiger partial charge in [-0.3, -0.25) is 4.79 Å². The molecule has 1 atom stereocenters. The van der Waals surface area contributed by atoms with Gasteiger partial charge in [0.2, 0.25) is 5.91 Å². The van der Waals surface area contributed by atoms with Crippen LogP contribution in [0.1, 0.15) is 39.8 Å². The molecule has 3 heteroatoms. The third-order valence-electron chi connectivity index (χ3n) is 5.96. The summed E-state index contributed by atoms with van der Waals surface area (Å²) in [6, 6.07) is 24.9. The van der Waals surface area contributed by atoms with Gasteiger partial charge in [-0.2, -0.15) is 5.10 Å². The van der Waals surface area contributed by atoms with Gasteiger partial charge in [0.05, 0.1) is 12.1 Å². The lowest BCUT2D eigenvalue weighted by Gasteiger charge is -2.18. The van der Waals surface area contributed by atoms with Crippen LogP contribution in [0, 0.1) is 26.7 Å². The molecule has 1 aliphatic rings. The minimum atomic E-state index is -0.266. The summed E-state index contributed by atoms with van der Waals surface area (Å²) in [6.07, 6.45) is 2.56. The molecule has 4 rings (SSSR count). The second-order valence-corrected chi connectivity index (χ2v) is 8.01. The van der Waals surface area contributed by atoms with Crippen molar-refractivity contribution >= 4 is 12.1 Å². The summed E-state index contributed by atoms with van der Waals surface area (Å²) in [6.45, 7) is 6.22. The van der Waals surface area contributed by atoms with Gasteiger partial charge in [-0.15, -0.1) is 0 Å². The first kappa shape index (κ1) is 19.1. The fraction of sp³-hybridized carbons (Fsp3) is 0.231. The molecule has 146 valence electrons. The smallest absolute Gasteiger partial charge is 0.244 e. The van der Waals surface area contributed by atoms with Crippen molar-refractivity contribution in [2.45, 2.75) is 32.6 Å². The van der Waals surface area contributed by atoms with Crippen molar-refractivity contribution in [3.63, 3.8) is 0 Å². The number of hydrazone groups is 1. The summed E-state index contributed by atoms with van der Waals surface area (Å²) < 4.78 is 0. The number of hydrogen-bond acceptors (Lipinski definition) is 2. The van der Waals surface area contributed by atoms with E-state index in [9.17, 15) is 4.79 Å².